The monoisotopic (exact) mass is 322 g/mol. The van der Waals surface area contributed by atoms with Gasteiger partial charge >= 0.3 is 0 Å². The number of pyridine rings is 1. The van der Waals surface area contributed by atoms with Gasteiger partial charge in [-0.3, -0.25) is 9.67 Å². The number of nitriles is 1. The molecule has 24 heavy (non-hydrogen) atoms. The molecule has 0 aliphatic rings. The van der Waals surface area contributed by atoms with Crippen LogP contribution in [0.2, 0.25) is 0 Å². The van der Waals surface area contributed by atoms with Gasteiger partial charge in [0.1, 0.15) is 11.9 Å². The van der Waals surface area contributed by atoms with Gasteiger partial charge in [-0.1, -0.05) is 6.07 Å². The van der Waals surface area contributed by atoms with Crippen LogP contribution in [0.4, 0.5) is 4.39 Å². The number of aliphatic hydroxyl groups is 1. The number of nitrogens with zero attached hydrogens (tertiary/aromatic N) is 4. The maximum absolute atomic E-state index is 13.4. The molecule has 2 heterocycles. The van der Waals surface area contributed by atoms with Gasteiger partial charge in [-0.05, 0) is 41.5 Å². The SMILES string of the molecule is Cn1nc(C#N)cc1Cc1cccnc1-c1ccc(F)cc1CO. The van der Waals surface area contributed by atoms with Crippen molar-refractivity contribution in [2.75, 3.05) is 0 Å². The fourth-order valence-corrected chi connectivity index (χ4v) is 2.67. The second-order valence-corrected chi connectivity index (χ2v) is 5.40. The highest BCUT2D eigenvalue weighted by molar-refractivity contribution is 5.67. The third-order valence-corrected chi connectivity index (χ3v) is 3.85. The number of aromatic nitrogens is 3. The van der Waals surface area contributed by atoms with Crippen molar-refractivity contribution in [2.45, 2.75) is 13.0 Å². The highest BCUT2D eigenvalue weighted by Gasteiger charge is 2.14. The van der Waals surface area contributed by atoms with E-state index in [1.165, 1.54) is 12.1 Å². The number of halogens is 1. The van der Waals surface area contributed by atoms with Crippen LogP contribution in [-0.4, -0.2) is 19.9 Å². The number of aliphatic hydroxyl groups excluding tert-OH is 1. The van der Waals surface area contributed by atoms with Crippen LogP contribution in [0.25, 0.3) is 11.3 Å². The molecule has 1 aromatic carbocycles. The summed E-state index contributed by atoms with van der Waals surface area (Å²) in [7, 11) is 1.78. The second-order valence-electron chi connectivity index (χ2n) is 5.40. The van der Waals surface area contributed by atoms with Gasteiger partial charge in [0, 0.05) is 30.9 Å². The highest BCUT2D eigenvalue weighted by Crippen LogP contribution is 2.27. The molecule has 0 amide bonds. The van der Waals surface area contributed by atoms with E-state index in [4.69, 9.17) is 5.26 Å². The molecule has 3 rings (SSSR count). The van der Waals surface area contributed by atoms with Gasteiger partial charge in [-0.25, -0.2) is 4.39 Å². The summed E-state index contributed by atoms with van der Waals surface area (Å²) in [5, 5.41) is 22.6. The van der Waals surface area contributed by atoms with Crippen molar-refractivity contribution < 1.29 is 9.50 Å². The minimum Gasteiger partial charge on any atom is -0.392 e. The molecule has 6 heteroatoms. The van der Waals surface area contributed by atoms with Crippen LogP contribution < -0.4 is 0 Å². The molecule has 0 bridgehead atoms. The van der Waals surface area contributed by atoms with Gasteiger partial charge in [0.15, 0.2) is 5.69 Å². The summed E-state index contributed by atoms with van der Waals surface area (Å²) in [5.74, 6) is -0.398. The van der Waals surface area contributed by atoms with Crippen LogP contribution in [0.15, 0.2) is 42.6 Å². The van der Waals surface area contributed by atoms with Gasteiger partial charge in [0.25, 0.3) is 0 Å². The fourth-order valence-electron chi connectivity index (χ4n) is 2.67. The minimum atomic E-state index is -0.398. The molecular weight excluding hydrogens is 307 g/mol. The Morgan fingerprint density at radius 1 is 1.25 bits per heavy atom. The molecule has 1 N–H and O–H groups in total. The quantitative estimate of drug-likeness (QED) is 0.801. The molecule has 5 nitrogen and oxygen atoms in total. The largest absolute Gasteiger partial charge is 0.392 e. The van der Waals surface area contributed by atoms with Gasteiger partial charge in [-0.15, -0.1) is 0 Å². The van der Waals surface area contributed by atoms with E-state index < -0.39 is 5.82 Å². The van der Waals surface area contributed by atoms with E-state index in [1.54, 1.807) is 30.1 Å². The third kappa shape index (κ3) is 3.03. The van der Waals surface area contributed by atoms with Gasteiger partial charge in [0.2, 0.25) is 0 Å². The predicted octanol–water partition coefficient (Wildman–Crippen LogP) is 2.58. The van der Waals surface area contributed by atoms with Gasteiger partial charge < -0.3 is 5.11 Å². The van der Waals surface area contributed by atoms with Crippen molar-refractivity contribution in [3.63, 3.8) is 0 Å². The maximum atomic E-state index is 13.4. The van der Waals surface area contributed by atoms with Crippen molar-refractivity contribution in [1.82, 2.24) is 14.8 Å². The first kappa shape index (κ1) is 15.8. The molecule has 0 fully saturated rings. The third-order valence-electron chi connectivity index (χ3n) is 3.85. The van der Waals surface area contributed by atoms with Crippen molar-refractivity contribution in [1.29, 1.82) is 5.26 Å². The molecule has 0 saturated carbocycles. The van der Waals surface area contributed by atoms with Gasteiger partial charge in [0.05, 0.1) is 12.3 Å². The lowest BCUT2D eigenvalue weighted by Gasteiger charge is -2.12. The van der Waals surface area contributed by atoms with E-state index in [0.717, 1.165) is 11.3 Å². The Balaban J connectivity index is 2.06. The summed E-state index contributed by atoms with van der Waals surface area (Å²) < 4.78 is 15.1. The summed E-state index contributed by atoms with van der Waals surface area (Å²) in [6.07, 6.45) is 2.18. The number of hydrogen-bond acceptors (Lipinski definition) is 4. The molecule has 0 saturated heterocycles. The molecule has 0 atom stereocenters. The summed E-state index contributed by atoms with van der Waals surface area (Å²) in [6.45, 7) is -0.270. The zero-order valence-corrected chi connectivity index (χ0v) is 13.1. The minimum absolute atomic E-state index is 0.270. The average molecular weight is 322 g/mol. The van der Waals surface area contributed by atoms with E-state index in [2.05, 4.69) is 10.1 Å². The van der Waals surface area contributed by atoms with Crippen LogP contribution >= 0.6 is 0 Å². The van der Waals surface area contributed by atoms with Crippen LogP contribution in [0.5, 0.6) is 0 Å². The number of rotatable bonds is 4. The Kier molecular flexibility index (Phi) is 4.36. The van der Waals surface area contributed by atoms with Crippen molar-refractivity contribution in [2.24, 2.45) is 7.05 Å². The van der Waals surface area contributed by atoms with E-state index in [9.17, 15) is 9.50 Å². The molecule has 3 aromatic rings. The summed E-state index contributed by atoms with van der Waals surface area (Å²) in [6, 6.07) is 11.8. The van der Waals surface area contributed by atoms with Crippen molar-refractivity contribution in [3.05, 3.63) is 70.9 Å². The molecule has 0 unspecified atom stereocenters. The lowest BCUT2D eigenvalue weighted by atomic mass is 9.98. The second kappa shape index (κ2) is 6.60. The molecule has 0 spiro atoms. The number of benzene rings is 1. The summed E-state index contributed by atoms with van der Waals surface area (Å²) in [4.78, 5) is 4.41. The van der Waals surface area contributed by atoms with E-state index in [-0.39, 0.29) is 6.61 Å². The lowest BCUT2D eigenvalue weighted by Crippen LogP contribution is -2.02. The van der Waals surface area contributed by atoms with E-state index in [0.29, 0.717) is 28.9 Å². The van der Waals surface area contributed by atoms with Gasteiger partial charge in [-0.2, -0.15) is 10.4 Å². The van der Waals surface area contributed by atoms with Crippen LogP contribution in [0, 0.1) is 17.1 Å². The molecule has 0 aliphatic heterocycles. The lowest BCUT2D eigenvalue weighted by molar-refractivity contribution is 0.281. The van der Waals surface area contributed by atoms with E-state index in [1.807, 2.05) is 18.2 Å². The fraction of sp³-hybridized carbons (Fsp3) is 0.167. The van der Waals surface area contributed by atoms with Crippen LogP contribution in [0.3, 0.4) is 0 Å². The zero-order chi connectivity index (χ0) is 17.1. The maximum Gasteiger partial charge on any atom is 0.162 e. The Morgan fingerprint density at radius 3 is 2.79 bits per heavy atom. The molecular formula is C18H15FN4O. The molecule has 0 aliphatic carbocycles. The first-order chi connectivity index (χ1) is 11.6. The standard InChI is InChI=1S/C18H15FN4O/c1-23-16(9-15(10-20)22-23)8-12-3-2-6-21-18(12)17-5-4-14(19)7-13(17)11-24/h2-7,9,24H,8,11H2,1H3. The van der Waals surface area contributed by atoms with Crippen molar-refractivity contribution >= 4 is 0 Å². The van der Waals surface area contributed by atoms with Crippen LogP contribution in [-0.2, 0) is 20.1 Å². The Labute approximate surface area is 138 Å². The Morgan fingerprint density at radius 2 is 2.08 bits per heavy atom. The summed E-state index contributed by atoms with van der Waals surface area (Å²) in [5.41, 5.74) is 3.99. The predicted molar refractivity (Wildman–Crippen MR) is 86.3 cm³/mol. The normalized spacial score (nSPS) is 10.6. The topological polar surface area (TPSA) is 74.7 Å². The first-order valence-corrected chi connectivity index (χ1v) is 7.39. The zero-order valence-electron chi connectivity index (χ0n) is 13.1. The number of aryl methyl sites for hydroxylation is 1. The molecule has 2 aromatic heterocycles. The van der Waals surface area contributed by atoms with E-state index >= 15 is 0 Å². The summed E-state index contributed by atoms with van der Waals surface area (Å²) >= 11 is 0. The number of hydrogen-bond donors (Lipinski definition) is 1. The highest BCUT2D eigenvalue weighted by atomic mass is 19.1. The Bertz CT molecular complexity index is 927. The smallest absolute Gasteiger partial charge is 0.162 e. The Hall–Kier alpha value is -3.04. The van der Waals surface area contributed by atoms with Crippen LogP contribution in [0.1, 0.15) is 22.5 Å². The van der Waals surface area contributed by atoms with Crippen molar-refractivity contribution in [3.8, 4) is 17.3 Å². The average Bonchev–Trinajstić information content (AvgIpc) is 2.95. The molecule has 0 radical (unpaired) electrons. The first-order valence-electron chi connectivity index (χ1n) is 7.39. The molecule has 120 valence electrons.